The number of likely N-dealkylation sites (N-methyl/N-ethyl adjacent to an activating group) is 1. The lowest BCUT2D eigenvalue weighted by atomic mass is 10.2. The van der Waals surface area contributed by atoms with Gasteiger partial charge in [-0.1, -0.05) is 0 Å². The Labute approximate surface area is 162 Å². The van der Waals surface area contributed by atoms with E-state index in [2.05, 4.69) is 10.0 Å². The van der Waals surface area contributed by atoms with Crippen molar-refractivity contribution in [2.75, 3.05) is 33.1 Å². The first kappa shape index (κ1) is 21.3. The predicted molar refractivity (Wildman–Crippen MR) is 101 cm³/mol. The normalized spacial score (nSPS) is 11.0. The maximum absolute atomic E-state index is 12.9. The van der Waals surface area contributed by atoms with Crippen LogP contribution in [-0.4, -0.2) is 52.9 Å². The zero-order valence-corrected chi connectivity index (χ0v) is 16.3. The fraction of sp³-hybridized carbons (Fsp3) is 0.222. The molecule has 0 aliphatic rings. The van der Waals surface area contributed by atoms with Crippen LogP contribution in [0.4, 0.5) is 10.1 Å². The summed E-state index contributed by atoms with van der Waals surface area (Å²) in [6.07, 6.45) is 0. The lowest BCUT2D eigenvalue weighted by Gasteiger charge is -2.18. The molecule has 0 saturated heterocycles. The highest BCUT2D eigenvalue weighted by Crippen LogP contribution is 2.25. The van der Waals surface area contributed by atoms with Crippen molar-refractivity contribution in [2.45, 2.75) is 4.90 Å². The second-order valence-electron chi connectivity index (χ2n) is 5.79. The van der Waals surface area contributed by atoms with E-state index in [1.165, 1.54) is 63.7 Å². The van der Waals surface area contributed by atoms with Gasteiger partial charge in [-0.2, -0.15) is 0 Å². The molecule has 2 rings (SSSR count). The molecule has 0 unspecified atom stereocenters. The molecule has 2 aromatic rings. The second-order valence-corrected chi connectivity index (χ2v) is 7.64. The van der Waals surface area contributed by atoms with Crippen molar-refractivity contribution in [1.29, 1.82) is 0 Å². The van der Waals surface area contributed by atoms with Crippen LogP contribution in [0.1, 0.15) is 10.4 Å². The molecule has 0 aromatic heterocycles. The fourth-order valence-electron chi connectivity index (χ4n) is 2.37. The third kappa shape index (κ3) is 5.05. The van der Waals surface area contributed by atoms with Gasteiger partial charge < -0.3 is 15.0 Å². The second kappa shape index (κ2) is 8.81. The molecule has 0 spiro atoms. The molecule has 8 nitrogen and oxygen atoms in total. The number of hydrogen-bond donors (Lipinski definition) is 2. The lowest BCUT2D eigenvalue weighted by Crippen LogP contribution is -2.35. The molecular formula is C18H20FN3O5S. The number of carbonyl (C=O) groups excluding carboxylic acids is 2. The molecule has 2 aromatic carbocycles. The lowest BCUT2D eigenvalue weighted by molar-refractivity contribution is -0.116. The van der Waals surface area contributed by atoms with Gasteiger partial charge in [0.05, 0.1) is 13.7 Å². The van der Waals surface area contributed by atoms with Gasteiger partial charge in [0.15, 0.2) is 0 Å². The number of amides is 2. The monoisotopic (exact) mass is 409 g/mol. The summed E-state index contributed by atoms with van der Waals surface area (Å²) in [6, 6.07) is 9.15. The standard InChI is InChI=1S/C18H20FN3O5S/c1-20-28(25,26)16-10-12(4-9-15(16)27-3)18(24)22(2)11-17(23)21-14-7-5-13(19)6-8-14/h4-10,20H,11H2,1-3H3,(H,21,23). The Kier molecular flexibility index (Phi) is 6.71. The molecule has 0 bridgehead atoms. The number of benzene rings is 2. The van der Waals surface area contributed by atoms with Crippen molar-refractivity contribution in [3.8, 4) is 5.75 Å². The van der Waals surface area contributed by atoms with Gasteiger partial charge in [-0.05, 0) is 49.5 Å². The molecule has 2 amide bonds. The topological polar surface area (TPSA) is 105 Å². The largest absolute Gasteiger partial charge is 0.495 e. The number of carbonyl (C=O) groups is 2. The molecular weight excluding hydrogens is 389 g/mol. The van der Waals surface area contributed by atoms with Gasteiger partial charge in [-0.3, -0.25) is 9.59 Å². The molecule has 0 saturated carbocycles. The van der Waals surface area contributed by atoms with Gasteiger partial charge in [0.2, 0.25) is 15.9 Å². The number of hydrogen-bond acceptors (Lipinski definition) is 5. The van der Waals surface area contributed by atoms with E-state index >= 15 is 0 Å². The number of methoxy groups -OCH3 is 1. The molecule has 0 fully saturated rings. The van der Waals surface area contributed by atoms with E-state index in [1.54, 1.807) is 0 Å². The summed E-state index contributed by atoms with van der Waals surface area (Å²) in [6.45, 7) is -0.281. The Balaban J connectivity index is 2.15. The number of anilines is 1. The minimum absolute atomic E-state index is 0.0757. The number of nitrogens with one attached hydrogen (secondary N) is 2. The van der Waals surface area contributed by atoms with Crippen molar-refractivity contribution >= 4 is 27.5 Å². The van der Waals surface area contributed by atoms with Crippen LogP contribution < -0.4 is 14.8 Å². The fourth-order valence-corrected chi connectivity index (χ4v) is 3.29. The number of rotatable bonds is 7. The molecule has 0 aliphatic heterocycles. The van der Waals surface area contributed by atoms with Crippen molar-refractivity contribution < 1.29 is 27.1 Å². The number of halogens is 1. The quantitative estimate of drug-likeness (QED) is 0.720. The molecule has 10 heteroatoms. The zero-order chi connectivity index (χ0) is 20.9. The SMILES string of the molecule is CNS(=O)(=O)c1cc(C(=O)N(C)CC(=O)Nc2ccc(F)cc2)ccc1OC. The van der Waals surface area contributed by atoms with Gasteiger partial charge in [-0.25, -0.2) is 17.5 Å². The Bertz CT molecular complexity index is 977. The molecule has 0 atom stereocenters. The van der Waals surface area contributed by atoms with E-state index < -0.39 is 27.7 Å². The van der Waals surface area contributed by atoms with Crippen LogP contribution >= 0.6 is 0 Å². The van der Waals surface area contributed by atoms with Crippen LogP contribution in [-0.2, 0) is 14.8 Å². The Hall–Kier alpha value is -2.98. The van der Waals surface area contributed by atoms with Crippen molar-refractivity contribution in [3.05, 3.63) is 53.8 Å². The van der Waals surface area contributed by atoms with Crippen LogP contribution in [0.2, 0.25) is 0 Å². The summed E-state index contributed by atoms with van der Waals surface area (Å²) in [5.74, 6) is -1.39. The summed E-state index contributed by atoms with van der Waals surface area (Å²) in [5, 5.41) is 2.54. The summed E-state index contributed by atoms with van der Waals surface area (Å²) in [5.41, 5.74) is 0.464. The number of ether oxygens (including phenoxy) is 1. The molecule has 28 heavy (non-hydrogen) atoms. The van der Waals surface area contributed by atoms with E-state index in [9.17, 15) is 22.4 Å². The third-order valence-corrected chi connectivity index (χ3v) is 5.26. The Morgan fingerprint density at radius 1 is 1.14 bits per heavy atom. The molecule has 0 heterocycles. The molecule has 2 N–H and O–H groups in total. The number of nitrogens with zero attached hydrogens (tertiary/aromatic N) is 1. The Morgan fingerprint density at radius 3 is 2.36 bits per heavy atom. The smallest absolute Gasteiger partial charge is 0.254 e. The highest BCUT2D eigenvalue weighted by Gasteiger charge is 2.22. The summed E-state index contributed by atoms with van der Waals surface area (Å²) < 4.78 is 44.3. The molecule has 0 aliphatic carbocycles. The van der Waals surface area contributed by atoms with Crippen molar-refractivity contribution in [2.24, 2.45) is 0 Å². The van der Waals surface area contributed by atoms with Gasteiger partial charge in [0, 0.05) is 18.3 Å². The van der Waals surface area contributed by atoms with E-state index in [-0.39, 0.29) is 22.8 Å². The zero-order valence-electron chi connectivity index (χ0n) is 15.5. The van der Waals surface area contributed by atoms with Crippen LogP contribution in [0.5, 0.6) is 5.75 Å². The molecule has 0 radical (unpaired) electrons. The average molecular weight is 409 g/mol. The van der Waals surface area contributed by atoms with Gasteiger partial charge >= 0.3 is 0 Å². The van der Waals surface area contributed by atoms with Crippen LogP contribution in [0.15, 0.2) is 47.4 Å². The van der Waals surface area contributed by atoms with E-state index in [4.69, 9.17) is 4.74 Å². The molecule has 150 valence electrons. The highest BCUT2D eigenvalue weighted by atomic mass is 32.2. The minimum atomic E-state index is -3.85. The maximum atomic E-state index is 12.9. The highest BCUT2D eigenvalue weighted by molar-refractivity contribution is 7.89. The van der Waals surface area contributed by atoms with E-state index in [1.807, 2.05) is 0 Å². The Morgan fingerprint density at radius 2 is 1.79 bits per heavy atom. The van der Waals surface area contributed by atoms with Crippen LogP contribution in [0.3, 0.4) is 0 Å². The van der Waals surface area contributed by atoms with Crippen LogP contribution in [0, 0.1) is 5.82 Å². The minimum Gasteiger partial charge on any atom is -0.495 e. The average Bonchev–Trinajstić information content (AvgIpc) is 2.68. The summed E-state index contributed by atoms with van der Waals surface area (Å²) >= 11 is 0. The number of sulfonamides is 1. The first-order valence-electron chi connectivity index (χ1n) is 8.10. The summed E-state index contributed by atoms with van der Waals surface area (Å²) in [4.78, 5) is 25.6. The van der Waals surface area contributed by atoms with Crippen molar-refractivity contribution in [1.82, 2.24) is 9.62 Å². The third-order valence-electron chi connectivity index (χ3n) is 3.82. The van der Waals surface area contributed by atoms with Gasteiger partial charge in [0.1, 0.15) is 16.5 Å². The predicted octanol–water partition coefficient (Wildman–Crippen LogP) is 1.45. The van der Waals surface area contributed by atoms with Crippen LogP contribution in [0.25, 0.3) is 0 Å². The first-order chi connectivity index (χ1) is 13.2. The van der Waals surface area contributed by atoms with Crippen molar-refractivity contribution in [3.63, 3.8) is 0 Å². The maximum Gasteiger partial charge on any atom is 0.254 e. The van der Waals surface area contributed by atoms with Gasteiger partial charge in [-0.15, -0.1) is 0 Å². The van der Waals surface area contributed by atoms with E-state index in [0.29, 0.717) is 5.69 Å². The summed E-state index contributed by atoms with van der Waals surface area (Å²) in [7, 11) is 0.122. The van der Waals surface area contributed by atoms with E-state index in [0.717, 1.165) is 4.90 Å². The first-order valence-corrected chi connectivity index (χ1v) is 9.58. The van der Waals surface area contributed by atoms with Gasteiger partial charge in [0.25, 0.3) is 5.91 Å².